The molecule has 0 fully saturated rings. The summed E-state index contributed by atoms with van der Waals surface area (Å²) >= 11 is 31.1. The number of aryl methyl sites for hydroxylation is 2. The summed E-state index contributed by atoms with van der Waals surface area (Å²) < 4.78 is 5.70. The lowest BCUT2D eigenvalue weighted by atomic mass is 10.1. The van der Waals surface area contributed by atoms with E-state index in [-0.39, 0.29) is 49.7 Å². The molecule has 20 heteroatoms. The van der Waals surface area contributed by atoms with E-state index in [1.807, 2.05) is 24.3 Å². The molecule has 0 aliphatic rings. The van der Waals surface area contributed by atoms with E-state index in [4.69, 9.17) is 62.7 Å². The number of rotatable bonds is 20. The lowest BCUT2D eigenvalue weighted by molar-refractivity contribution is -0.127. The molecule has 15 nitrogen and oxygen atoms in total. The Balaban J connectivity index is 1.30. The summed E-state index contributed by atoms with van der Waals surface area (Å²) in [6.07, 6.45) is 1.05. The number of anilines is 4. The minimum atomic E-state index is -1.68. The molecule has 342 valence electrons. The number of halogens is 5. The molecule has 0 aliphatic heterocycles. The van der Waals surface area contributed by atoms with Crippen molar-refractivity contribution in [2.24, 2.45) is 20.5 Å². The summed E-state index contributed by atoms with van der Waals surface area (Å²) in [7, 11) is 0. The lowest BCUT2D eigenvalue weighted by Crippen LogP contribution is -2.32. The highest BCUT2D eigenvalue weighted by atomic mass is 35.5. The first-order chi connectivity index (χ1) is 31.6. The lowest BCUT2D eigenvalue weighted by Gasteiger charge is -2.17. The molecule has 0 radical (unpaired) electrons. The maximum Gasteiger partial charge on any atom is 0.258 e. The third kappa shape index (κ3) is 13.7. The van der Waals surface area contributed by atoms with Gasteiger partial charge in [0.25, 0.3) is 23.6 Å². The van der Waals surface area contributed by atoms with E-state index >= 15 is 0 Å². The van der Waals surface area contributed by atoms with E-state index in [2.05, 4.69) is 41.7 Å². The standard InChI is InChI=1S/C46H41Cl5N8O7/c1-25(60)41(58-56-36-16-8-12-31(39(36)50)43(62)53-33-14-6-4-10-28(33)20-22-47)45(64)52-30-18-19-35(38(24-30)66-27(3)49)55-46(65)42(26(2)61)59-57-37-17-9-13-32(40(37)51)44(63)54-34-15-7-5-11-29(34)21-23-48/h4-19,24,27,41-42H,20-23H2,1-3H3,(H,52,64)(H,53,62)(H,54,63)(H,55,65). The molecule has 0 aromatic heterocycles. The van der Waals surface area contributed by atoms with Crippen molar-refractivity contribution in [2.75, 3.05) is 33.0 Å². The topological polar surface area (TPSA) is 209 Å². The zero-order valence-electron chi connectivity index (χ0n) is 35.4. The van der Waals surface area contributed by atoms with Crippen molar-refractivity contribution in [2.45, 2.75) is 51.3 Å². The second-order valence-electron chi connectivity index (χ2n) is 14.2. The van der Waals surface area contributed by atoms with Crippen LogP contribution in [0.4, 0.5) is 34.1 Å². The van der Waals surface area contributed by atoms with Gasteiger partial charge in [0.1, 0.15) is 17.1 Å². The van der Waals surface area contributed by atoms with Gasteiger partial charge in [0.2, 0.25) is 12.1 Å². The van der Waals surface area contributed by atoms with Crippen LogP contribution in [0.5, 0.6) is 5.75 Å². The molecule has 3 atom stereocenters. The molecule has 4 N–H and O–H groups in total. The van der Waals surface area contributed by atoms with E-state index in [1.165, 1.54) is 61.5 Å². The number of nitrogens with zero attached hydrogens (tertiary/aromatic N) is 4. The summed E-state index contributed by atoms with van der Waals surface area (Å²) in [4.78, 5) is 78.8. The van der Waals surface area contributed by atoms with Gasteiger partial charge in [-0.05, 0) is 93.3 Å². The average molecular weight is 995 g/mol. The van der Waals surface area contributed by atoms with Crippen LogP contribution in [0.3, 0.4) is 0 Å². The van der Waals surface area contributed by atoms with Gasteiger partial charge in [-0.3, -0.25) is 28.8 Å². The van der Waals surface area contributed by atoms with Crippen LogP contribution in [0.1, 0.15) is 52.6 Å². The van der Waals surface area contributed by atoms with Crippen molar-refractivity contribution in [3.8, 4) is 5.75 Å². The Kier molecular flexibility index (Phi) is 18.7. The minimum Gasteiger partial charge on any atom is -0.473 e. The molecule has 4 amide bonds. The number of carbonyl (C=O) groups is 6. The Morgan fingerprint density at radius 1 is 0.576 bits per heavy atom. The predicted molar refractivity (Wildman–Crippen MR) is 258 cm³/mol. The zero-order valence-corrected chi connectivity index (χ0v) is 39.2. The summed E-state index contributed by atoms with van der Waals surface area (Å²) in [6, 6.07) is 24.0. The van der Waals surface area contributed by atoms with Crippen molar-refractivity contribution in [1.29, 1.82) is 0 Å². The third-order valence-corrected chi connectivity index (χ3v) is 10.6. The van der Waals surface area contributed by atoms with Gasteiger partial charge in [-0.15, -0.1) is 23.2 Å². The molecule has 66 heavy (non-hydrogen) atoms. The van der Waals surface area contributed by atoms with Crippen LogP contribution < -0.4 is 26.0 Å². The van der Waals surface area contributed by atoms with Gasteiger partial charge in [0.15, 0.2) is 17.1 Å². The smallest absolute Gasteiger partial charge is 0.258 e. The fourth-order valence-electron chi connectivity index (χ4n) is 6.11. The first-order valence-corrected chi connectivity index (χ1v) is 22.2. The Morgan fingerprint density at radius 2 is 1.03 bits per heavy atom. The largest absolute Gasteiger partial charge is 0.473 e. The molecule has 0 aliphatic carbocycles. The van der Waals surface area contributed by atoms with Crippen LogP contribution in [-0.4, -0.2) is 64.6 Å². The Bertz CT molecular complexity index is 2700. The summed E-state index contributed by atoms with van der Waals surface area (Å²) in [5, 5.41) is 26.7. The fourth-order valence-corrected chi connectivity index (χ4v) is 7.11. The molecule has 3 unspecified atom stereocenters. The molecule has 0 heterocycles. The van der Waals surface area contributed by atoms with Gasteiger partial charge >= 0.3 is 0 Å². The molecule has 0 saturated heterocycles. The van der Waals surface area contributed by atoms with Gasteiger partial charge in [-0.1, -0.05) is 83.3 Å². The summed E-state index contributed by atoms with van der Waals surface area (Å²) in [6.45, 7) is 3.78. The van der Waals surface area contributed by atoms with Crippen molar-refractivity contribution < 1.29 is 33.5 Å². The molecule has 5 aromatic carbocycles. The van der Waals surface area contributed by atoms with Gasteiger partial charge in [-0.2, -0.15) is 20.5 Å². The maximum absolute atomic E-state index is 13.5. The Labute approximate surface area is 404 Å². The molecular weight excluding hydrogens is 954 g/mol. The number of hydrogen-bond donors (Lipinski definition) is 4. The van der Waals surface area contributed by atoms with Crippen molar-refractivity contribution >= 4 is 127 Å². The predicted octanol–water partition coefficient (Wildman–Crippen LogP) is 11.4. The second-order valence-corrected chi connectivity index (χ2v) is 16.3. The van der Waals surface area contributed by atoms with Gasteiger partial charge in [0.05, 0.1) is 26.9 Å². The first kappa shape index (κ1) is 50.8. The maximum atomic E-state index is 13.5. The Hall–Kier alpha value is -6.23. The number of hydrogen-bond acceptors (Lipinski definition) is 11. The first-order valence-electron chi connectivity index (χ1n) is 20.0. The number of alkyl halides is 3. The van der Waals surface area contributed by atoms with Crippen LogP contribution in [0.25, 0.3) is 0 Å². The van der Waals surface area contributed by atoms with E-state index in [0.29, 0.717) is 36.0 Å². The fraction of sp³-hybridized carbons (Fsp3) is 0.217. The van der Waals surface area contributed by atoms with E-state index in [0.717, 1.165) is 25.0 Å². The van der Waals surface area contributed by atoms with Gasteiger partial charge in [-0.25, -0.2) is 0 Å². The quantitative estimate of drug-likeness (QED) is 0.0336. The number of carbonyl (C=O) groups excluding carboxylic acids is 6. The van der Waals surface area contributed by atoms with E-state index < -0.39 is 52.8 Å². The van der Waals surface area contributed by atoms with E-state index in [1.54, 1.807) is 24.3 Å². The highest BCUT2D eigenvalue weighted by Gasteiger charge is 2.27. The second kappa shape index (κ2) is 24.3. The number of para-hydroxylation sites is 2. The number of azo groups is 2. The van der Waals surface area contributed by atoms with E-state index in [9.17, 15) is 28.8 Å². The molecular formula is C46H41Cl5N8O7. The molecule has 0 saturated carbocycles. The molecule has 5 aromatic rings. The molecule has 0 spiro atoms. The van der Waals surface area contributed by atoms with Crippen molar-refractivity contribution in [3.63, 3.8) is 0 Å². The molecule has 5 rings (SSSR count). The minimum absolute atomic E-state index is 0.0147. The number of amides is 4. The van der Waals surface area contributed by atoms with Gasteiger partial charge in [0, 0.05) is 34.9 Å². The zero-order chi connectivity index (χ0) is 47.9. The average Bonchev–Trinajstić information content (AvgIpc) is 3.26. The SMILES string of the molecule is CC(=O)C(N=Nc1cccc(C(=O)Nc2ccccc2CCCl)c1Cl)C(=O)Nc1ccc(NC(=O)C(N=Nc2cccc(C(=O)Nc3ccccc3CCCl)c2Cl)C(C)=O)c(OC(C)Cl)c1. The van der Waals surface area contributed by atoms with Crippen LogP contribution >= 0.6 is 58.0 Å². The van der Waals surface area contributed by atoms with Crippen molar-refractivity contribution in [1.82, 2.24) is 0 Å². The monoisotopic (exact) mass is 992 g/mol. The van der Waals surface area contributed by atoms with Gasteiger partial charge < -0.3 is 26.0 Å². The molecule has 0 bridgehead atoms. The normalized spacial score (nSPS) is 12.5. The van der Waals surface area contributed by atoms with Crippen LogP contribution in [0.2, 0.25) is 10.0 Å². The number of nitrogens with one attached hydrogen (secondary N) is 4. The number of ether oxygens (including phenoxy) is 1. The highest BCUT2D eigenvalue weighted by Crippen LogP contribution is 2.34. The Morgan fingerprint density at radius 3 is 1.47 bits per heavy atom. The van der Waals surface area contributed by atoms with Crippen molar-refractivity contribution in [3.05, 3.63) is 135 Å². The highest BCUT2D eigenvalue weighted by molar-refractivity contribution is 6.37. The number of ketones is 2. The summed E-state index contributed by atoms with van der Waals surface area (Å²) in [5.74, 6) is -3.55. The van der Waals surface area contributed by atoms with Crippen LogP contribution in [-0.2, 0) is 32.0 Å². The number of benzene rings is 5. The third-order valence-electron chi connectivity index (χ3n) is 9.33. The summed E-state index contributed by atoms with van der Waals surface area (Å²) in [5.41, 5.74) is 2.12. The van der Waals surface area contributed by atoms with Crippen LogP contribution in [0, 0.1) is 0 Å². The number of Topliss-reactive ketones (excluding diaryl/α,β-unsaturated/α-hetero) is 2. The van der Waals surface area contributed by atoms with Crippen LogP contribution in [0.15, 0.2) is 124 Å².